The van der Waals surface area contributed by atoms with E-state index in [4.69, 9.17) is 0 Å². The molecule has 0 saturated heterocycles. The summed E-state index contributed by atoms with van der Waals surface area (Å²) >= 11 is 0. The molecule has 6 nitrogen and oxygen atoms in total. The summed E-state index contributed by atoms with van der Waals surface area (Å²) in [6, 6.07) is 20.5. The van der Waals surface area contributed by atoms with Gasteiger partial charge in [0.15, 0.2) is 0 Å². The number of amides is 1. The van der Waals surface area contributed by atoms with E-state index in [-0.39, 0.29) is 17.6 Å². The van der Waals surface area contributed by atoms with Gasteiger partial charge in [0.1, 0.15) is 0 Å². The number of non-ortho nitro benzene ring substituents is 1. The summed E-state index contributed by atoms with van der Waals surface area (Å²) in [6.07, 6.45) is 1.08. The third-order valence-electron chi connectivity index (χ3n) is 4.66. The van der Waals surface area contributed by atoms with E-state index < -0.39 is 4.92 Å². The lowest BCUT2D eigenvalue weighted by Gasteiger charge is -2.17. The number of benzene rings is 3. The van der Waals surface area contributed by atoms with Gasteiger partial charge in [-0.2, -0.15) is 0 Å². The van der Waals surface area contributed by atoms with Crippen LogP contribution < -0.4 is 10.6 Å². The minimum Gasteiger partial charge on any atom is -0.385 e. The number of nitro benzene ring substituents is 1. The zero-order valence-corrected chi connectivity index (χ0v) is 15.7. The molecule has 1 amide bonds. The summed E-state index contributed by atoms with van der Waals surface area (Å²) in [5.41, 5.74) is 1.97. The average molecular weight is 377 g/mol. The number of carbonyl (C=O) groups is 1. The molecule has 0 spiro atoms. The first kappa shape index (κ1) is 19.4. The first-order valence-electron chi connectivity index (χ1n) is 9.30. The summed E-state index contributed by atoms with van der Waals surface area (Å²) in [5, 5.41) is 19.2. The smallest absolute Gasteiger partial charge is 0.269 e. The molecule has 1 atom stereocenters. The Labute approximate surface area is 163 Å². The molecule has 0 radical (unpaired) electrons. The monoisotopic (exact) mass is 377 g/mol. The van der Waals surface area contributed by atoms with Gasteiger partial charge in [0.05, 0.1) is 11.0 Å². The first-order valence-corrected chi connectivity index (χ1v) is 9.30. The van der Waals surface area contributed by atoms with Crippen molar-refractivity contribution in [3.8, 4) is 0 Å². The van der Waals surface area contributed by atoms with Crippen LogP contribution in [-0.2, 0) is 4.79 Å². The molecular formula is C22H23N3O3. The number of nitrogens with one attached hydrogen (secondary N) is 2. The molecule has 28 heavy (non-hydrogen) atoms. The summed E-state index contributed by atoms with van der Waals surface area (Å²) in [6.45, 7) is 2.61. The van der Waals surface area contributed by atoms with E-state index in [1.54, 1.807) is 12.1 Å². The van der Waals surface area contributed by atoms with E-state index in [1.165, 1.54) is 12.1 Å². The summed E-state index contributed by atoms with van der Waals surface area (Å²) < 4.78 is 0. The second-order valence-corrected chi connectivity index (χ2v) is 6.69. The molecule has 0 aliphatic heterocycles. The summed E-state index contributed by atoms with van der Waals surface area (Å²) in [7, 11) is 0. The molecule has 0 aliphatic rings. The fraction of sp³-hybridized carbons (Fsp3) is 0.227. The number of nitrogens with zero attached hydrogens (tertiary/aromatic N) is 1. The Bertz CT molecular complexity index is 965. The Balaban J connectivity index is 1.47. The highest BCUT2D eigenvalue weighted by Gasteiger charge is 2.12. The molecule has 1 unspecified atom stereocenters. The van der Waals surface area contributed by atoms with Gasteiger partial charge < -0.3 is 10.6 Å². The van der Waals surface area contributed by atoms with Crippen molar-refractivity contribution in [3.63, 3.8) is 0 Å². The van der Waals surface area contributed by atoms with Gasteiger partial charge in [0, 0.05) is 30.8 Å². The highest BCUT2D eigenvalue weighted by Crippen LogP contribution is 2.24. The normalized spacial score (nSPS) is 11.8. The maximum atomic E-state index is 12.3. The Morgan fingerprint density at radius 3 is 2.50 bits per heavy atom. The molecule has 0 heterocycles. The predicted molar refractivity (Wildman–Crippen MR) is 111 cm³/mol. The maximum absolute atomic E-state index is 12.3. The zero-order valence-electron chi connectivity index (χ0n) is 15.7. The van der Waals surface area contributed by atoms with E-state index >= 15 is 0 Å². The van der Waals surface area contributed by atoms with Gasteiger partial charge in [-0.25, -0.2) is 0 Å². The van der Waals surface area contributed by atoms with E-state index in [1.807, 2.05) is 31.2 Å². The lowest BCUT2D eigenvalue weighted by Crippen LogP contribution is -2.27. The Morgan fingerprint density at radius 1 is 1.04 bits per heavy atom. The van der Waals surface area contributed by atoms with E-state index in [0.29, 0.717) is 19.4 Å². The molecule has 0 aliphatic carbocycles. The van der Waals surface area contributed by atoms with Crippen molar-refractivity contribution in [2.24, 2.45) is 0 Å². The quantitative estimate of drug-likeness (QED) is 0.335. The molecule has 3 aromatic rings. The van der Waals surface area contributed by atoms with Crippen LogP contribution in [0.3, 0.4) is 0 Å². The highest BCUT2D eigenvalue weighted by molar-refractivity contribution is 5.86. The van der Waals surface area contributed by atoms with Gasteiger partial charge in [0.25, 0.3) is 5.69 Å². The van der Waals surface area contributed by atoms with Crippen LogP contribution in [-0.4, -0.2) is 17.4 Å². The fourth-order valence-corrected chi connectivity index (χ4v) is 3.20. The minimum absolute atomic E-state index is 0.00549. The minimum atomic E-state index is -0.425. The zero-order chi connectivity index (χ0) is 19.9. The molecule has 3 rings (SSSR count). The van der Waals surface area contributed by atoms with Crippen LogP contribution in [0.4, 0.5) is 11.4 Å². The van der Waals surface area contributed by atoms with Crippen LogP contribution in [0, 0.1) is 10.1 Å². The topological polar surface area (TPSA) is 84.3 Å². The van der Waals surface area contributed by atoms with Crippen molar-refractivity contribution in [2.75, 3.05) is 11.9 Å². The standard InChI is InChI=1S/C22H23N3O3/c1-16(20-9-4-7-17-6-2-3-8-21(17)20)24-22(26)10-5-15-23-18-11-13-19(14-12-18)25(27)28/h2-4,6-9,11-14,16,23H,5,10,15H2,1H3,(H,24,26). The number of fused-ring (bicyclic) bond motifs is 1. The number of hydrogen-bond donors (Lipinski definition) is 2. The lowest BCUT2D eigenvalue weighted by atomic mass is 9.99. The van der Waals surface area contributed by atoms with Gasteiger partial charge >= 0.3 is 0 Å². The van der Waals surface area contributed by atoms with Crippen LogP contribution in [0.2, 0.25) is 0 Å². The predicted octanol–water partition coefficient (Wildman–Crippen LogP) is 4.82. The van der Waals surface area contributed by atoms with E-state index in [0.717, 1.165) is 22.0 Å². The molecule has 6 heteroatoms. The van der Waals surface area contributed by atoms with Crippen LogP contribution in [0.25, 0.3) is 10.8 Å². The van der Waals surface area contributed by atoms with Gasteiger partial charge in [0.2, 0.25) is 5.91 Å². The SMILES string of the molecule is CC(NC(=O)CCCNc1ccc([N+](=O)[O-])cc1)c1cccc2ccccc12. The Kier molecular flexibility index (Phi) is 6.22. The van der Waals surface area contributed by atoms with Crippen molar-refractivity contribution in [2.45, 2.75) is 25.8 Å². The van der Waals surface area contributed by atoms with Gasteiger partial charge in [-0.15, -0.1) is 0 Å². The van der Waals surface area contributed by atoms with Crippen molar-refractivity contribution in [1.82, 2.24) is 5.32 Å². The average Bonchev–Trinajstić information content (AvgIpc) is 2.71. The van der Waals surface area contributed by atoms with Crippen molar-refractivity contribution in [1.29, 1.82) is 0 Å². The summed E-state index contributed by atoms with van der Waals surface area (Å²) in [5.74, 6) is 0.00549. The molecule has 3 aromatic carbocycles. The lowest BCUT2D eigenvalue weighted by molar-refractivity contribution is -0.384. The first-order chi connectivity index (χ1) is 13.5. The van der Waals surface area contributed by atoms with Crippen LogP contribution in [0.5, 0.6) is 0 Å². The molecule has 0 bridgehead atoms. The molecule has 144 valence electrons. The van der Waals surface area contributed by atoms with Gasteiger partial charge in [-0.1, -0.05) is 42.5 Å². The number of rotatable bonds is 8. The third-order valence-corrected chi connectivity index (χ3v) is 4.66. The Morgan fingerprint density at radius 2 is 1.75 bits per heavy atom. The molecule has 0 aromatic heterocycles. The molecule has 0 fully saturated rings. The fourth-order valence-electron chi connectivity index (χ4n) is 3.20. The number of anilines is 1. The maximum Gasteiger partial charge on any atom is 0.269 e. The largest absolute Gasteiger partial charge is 0.385 e. The van der Waals surface area contributed by atoms with E-state index in [2.05, 4.69) is 28.8 Å². The highest BCUT2D eigenvalue weighted by atomic mass is 16.6. The second-order valence-electron chi connectivity index (χ2n) is 6.69. The van der Waals surface area contributed by atoms with Crippen LogP contribution in [0.1, 0.15) is 31.4 Å². The second kappa shape index (κ2) is 8.99. The number of nitro groups is 1. The van der Waals surface area contributed by atoms with Crippen LogP contribution in [0.15, 0.2) is 66.7 Å². The third kappa shape index (κ3) is 4.85. The van der Waals surface area contributed by atoms with Crippen LogP contribution >= 0.6 is 0 Å². The number of hydrogen-bond acceptors (Lipinski definition) is 4. The molecule has 0 saturated carbocycles. The van der Waals surface area contributed by atoms with Crippen molar-refractivity contribution < 1.29 is 9.72 Å². The Hall–Kier alpha value is -3.41. The summed E-state index contributed by atoms with van der Waals surface area (Å²) in [4.78, 5) is 22.5. The molecule has 2 N–H and O–H groups in total. The number of carbonyl (C=O) groups excluding carboxylic acids is 1. The molecular weight excluding hydrogens is 354 g/mol. The van der Waals surface area contributed by atoms with Gasteiger partial charge in [-0.3, -0.25) is 14.9 Å². The van der Waals surface area contributed by atoms with Crippen molar-refractivity contribution >= 4 is 28.1 Å². The van der Waals surface area contributed by atoms with Gasteiger partial charge in [-0.05, 0) is 41.8 Å². The van der Waals surface area contributed by atoms with E-state index in [9.17, 15) is 14.9 Å². The van der Waals surface area contributed by atoms with Crippen molar-refractivity contribution in [3.05, 3.63) is 82.4 Å².